The van der Waals surface area contributed by atoms with Crippen LogP contribution in [0.3, 0.4) is 0 Å². The number of benzene rings is 2. The van der Waals surface area contributed by atoms with E-state index < -0.39 is 17.6 Å². The number of rotatable bonds is 6. The minimum Gasteiger partial charge on any atom is -0.466 e. The van der Waals surface area contributed by atoms with E-state index in [2.05, 4.69) is 24.8 Å². The summed E-state index contributed by atoms with van der Waals surface area (Å²) in [4.78, 5) is 29.7. The highest BCUT2D eigenvalue weighted by atomic mass is 19.4. The predicted molar refractivity (Wildman–Crippen MR) is 134 cm³/mol. The Balaban J connectivity index is 1.27. The third-order valence-electron chi connectivity index (χ3n) is 6.66. The van der Waals surface area contributed by atoms with Gasteiger partial charge in [0.15, 0.2) is 0 Å². The molecule has 0 unspecified atom stereocenters. The molecule has 3 heterocycles. The van der Waals surface area contributed by atoms with Gasteiger partial charge >= 0.3 is 12.1 Å². The van der Waals surface area contributed by atoms with Crippen LogP contribution in [0.5, 0.6) is 0 Å². The topological polar surface area (TPSA) is 84.0 Å². The van der Waals surface area contributed by atoms with Gasteiger partial charge in [-0.05, 0) is 61.6 Å². The minimum absolute atomic E-state index is 0.140. The lowest BCUT2D eigenvalue weighted by atomic mass is 9.94. The molecule has 5 rings (SSSR count). The average molecular weight is 528 g/mol. The number of aromatic nitrogens is 4. The molecule has 0 radical (unpaired) electrons. The highest BCUT2D eigenvalue weighted by molar-refractivity contribution is 5.81. The van der Waals surface area contributed by atoms with Gasteiger partial charge in [0, 0.05) is 37.5 Å². The van der Waals surface area contributed by atoms with E-state index in [1.165, 1.54) is 18.2 Å². The second-order valence-corrected chi connectivity index (χ2v) is 9.22. The molecule has 2 aromatic heterocycles. The van der Waals surface area contributed by atoms with Crippen molar-refractivity contribution in [2.45, 2.75) is 32.4 Å². The highest BCUT2D eigenvalue weighted by Gasteiger charge is 2.31. The number of ether oxygens (including phenoxy) is 1. The smallest absolute Gasteiger partial charge is 0.416 e. The molecule has 2 aromatic carbocycles. The number of fused-ring (bicyclic) bond motifs is 1. The Bertz CT molecular complexity index is 1440. The Morgan fingerprint density at radius 1 is 1.08 bits per heavy atom. The van der Waals surface area contributed by atoms with E-state index in [9.17, 15) is 18.0 Å². The molecule has 198 valence electrons. The van der Waals surface area contributed by atoms with Crippen molar-refractivity contribution < 1.29 is 27.1 Å². The Kier molecular flexibility index (Phi) is 7.00. The van der Waals surface area contributed by atoms with Crippen molar-refractivity contribution >= 4 is 23.0 Å². The minimum atomic E-state index is -4.48. The Hall–Kier alpha value is -4.02. The van der Waals surface area contributed by atoms with Gasteiger partial charge in [-0.3, -0.25) is 4.79 Å². The van der Waals surface area contributed by atoms with Gasteiger partial charge in [-0.1, -0.05) is 6.07 Å². The zero-order valence-electron chi connectivity index (χ0n) is 20.6. The standard InChI is InChI=1S/C27H25F4N5O2/c1-2-38-24(37)11-16-7-9-36(10-8-16)26-32-14-18(15-33-26)17-3-5-20(21(28)12-17)25-34-22-6-4-19(27(29,30)31)13-23(22)35-25/h3-6,12-16H,2,7-11H2,1H3,(H,34,35). The van der Waals surface area contributed by atoms with E-state index >= 15 is 4.39 Å². The molecule has 11 heteroatoms. The third kappa shape index (κ3) is 5.46. The number of imidazole rings is 1. The quantitative estimate of drug-likeness (QED) is 0.244. The maximum atomic E-state index is 15.0. The number of piperidine rings is 1. The van der Waals surface area contributed by atoms with Crippen LogP contribution in [0, 0.1) is 11.7 Å². The van der Waals surface area contributed by atoms with Crippen LogP contribution in [0.2, 0.25) is 0 Å². The van der Waals surface area contributed by atoms with Crippen molar-refractivity contribution in [2.24, 2.45) is 5.92 Å². The van der Waals surface area contributed by atoms with Crippen LogP contribution < -0.4 is 4.90 Å². The summed E-state index contributed by atoms with van der Waals surface area (Å²) in [6, 6.07) is 7.69. The molecule has 7 nitrogen and oxygen atoms in total. The number of hydrogen-bond acceptors (Lipinski definition) is 6. The lowest BCUT2D eigenvalue weighted by Crippen LogP contribution is -2.35. The summed E-state index contributed by atoms with van der Waals surface area (Å²) in [5.41, 5.74) is 0.997. The van der Waals surface area contributed by atoms with Crippen LogP contribution in [0.1, 0.15) is 31.7 Å². The van der Waals surface area contributed by atoms with Crippen molar-refractivity contribution in [1.29, 1.82) is 0 Å². The summed E-state index contributed by atoms with van der Waals surface area (Å²) in [7, 11) is 0. The number of alkyl halides is 3. The van der Waals surface area contributed by atoms with E-state index in [1.807, 2.05) is 0 Å². The fraction of sp³-hybridized carbons (Fsp3) is 0.333. The van der Waals surface area contributed by atoms with Gasteiger partial charge in [0.25, 0.3) is 0 Å². The third-order valence-corrected chi connectivity index (χ3v) is 6.66. The van der Waals surface area contributed by atoms with E-state index in [1.54, 1.807) is 25.4 Å². The van der Waals surface area contributed by atoms with Crippen LogP contribution >= 0.6 is 0 Å². The van der Waals surface area contributed by atoms with Crippen molar-refractivity contribution in [1.82, 2.24) is 19.9 Å². The highest BCUT2D eigenvalue weighted by Crippen LogP contribution is 2.33. The molecule has 1 fully saturated rings. The van der Waals surface area contributed by atoms with Crippen molar-refractivity contribution in [3.05, 3.63) is 60.2 Å². The predicted octanol–water partition coefficient (Wildman–Crippen LogP) is 6.01. The fourth-order valence-corrected chi connectivity index (χ4v) is 4.63. The lowest BCUT2D eigenvalue weighted by molar-refractivity contribution is -0.144. The summed E-state index contributed by atoms with van der Waals surface area (Å²) in [5, 5.41) is 0. The number of esters is 1. The normalized spacial score (nSPS) is 14.7. The second kappa shape index (κ2) is 10.4. The molecule has 1 saturated heterocycles. The number of aromatic amines is 1. The molecule has 0 spiro atoms. The maximum Gasteiger partial charge on any atom is 0.416 e. The maximum absolute atomic E-state index is 15.0. The van der Waals surface area contributed by atoms with Gasteiger partial charge in [0.05, 0.1) is 28.8 Å². The van der Waals surface area contributed by atoms with E-state index in [0.29, 0.717) is 35.6 Å². The lowest BCUT2D eigenvalue weighted by Gasteiger charge is -2.31. The molecule has 0 saturated carbocycles. The average Bonchev–Trinajstić information content (AvgIpc) is 3.32. The van der Waals surface area contributed by atoms with Crippen LogP contribution in [0.25, 0.3) is 33.5 Å². The molecule has 1 aliphatic rings. The Morgan fingerprint density at radius 2 is 1.82 bits per heavy atom. The van der Waals surface area contributed by atoms with Gasteiger partial charge in [0.1, 0.15) is 11.6 Å². The summed E-state index contributed by atoms with van der Waals surface area (Å²) in [6.07, 6.45) is 0.880. The van der Waals surface area contributed by atoms with Gasteiger partial charge in [-0.2, -0.15) is 13.2 Å². The van der Waals surface area contributed by atoms with E-state index in [0.717, 1.165) is 38.1 Å². The molecule has 38 heavy (non-hydrogen) atoms. The molecule has 0 aliphatic carbocycles. The summed E-state index contributed by atoms with van der Waals surface area (Å²) < 4.78 is 59.1. The fourth-order valence-electron chi connectivity index (χ4n) is 4.63. The first-order chi connectivity index (χ1) is 18.2. The van der Waals surface area contributed by atoms with Crippen molar-refractivity contribution in [3.8, 4) is 22.5 Å². The van der Waals surface area contributed by atoms with Crippen LogP contribution in [-0.4, -0.2) is 45.6 Å². The van der Waals surface area contributed by atoms with E-state index in [-0.39, 0.29) is 28.8 Å². The van der Waals surface area contributed by atoms with Gasteiger partial charge in [-0.25, -0.2) is 19.3 Å². The summed E-state index contributed by atoms with van der Waals surface area (Å²) in [6.45, 7) is 3.64. The summed E-state index contributed by atoms with van der Waals surface area (Å²) >= 11 is 0. The first-order valence-electron chi connectivity index (χ1n) is 12.3. The van der Waals surface area contributed by atoms with Crippen molar-refractivity contribution in [2.75, 3.05) is 24.6 Å². The van der Waals surface area contributed by atoms with Crippen LogP contribution in [0.4, 0.5) is 23.5 Å². The molecule has 0 amide bonds. The zero-order chi connectivity index (χ0) is 26.9. The Morgan fingerprint density at radius 3 is 2.47 bits per heavy atom. The first-order valence-corrected chi connectivity index (χ1v) is 12.3. The molecule has 1 N–H and O–H groups in total. The number of nitrogens with one attached hydrogen (secondary N) is 1. The number of nitrogens with zero attached hydrogens (tertiary/aromatic N) is 4. The molecule has 0 bridgehead atoms. The monoisotopic (exact) mass is 527 g/mol. The number of hydrogen-bond donors (Lipinski definition) is 1. The van der Waals surface area contributed by atoms with Crippen LogP contribution in [0.15, 0.2) is 48.8 Å². The van der Waals surface area contributed by atoms with E-state index in [4.69, 9.17) is 4.74 Å². The van der Waals surface area contributed by atoms with Crippen molar-refractivity contribution in [3.63, 3.8) is 0 Å². The van der Waals surface area contributed by atoms with Crippen LogP contribution in [-0.2, 0) is 15.7 Å². The molecule has 1 aliphatic heterocycles. The molecular weight excluding hydrogens is 502 g/mol. The zero-order valence-corrected chi connectivity index (χ0v) is 20.6. The summed E-state index contributed by atoms with van der Waals surface area (Å²) in [5.74, 6) is 0.248. The number of H-pyrrole nitrogens is 1. The molecular formula is C27H25F4N5O2. The first kappa shape index (κ1) is 25.6. The number of carbonyl (C=O) groups excluding carboxylic acids is 1. The number of halogens is 4. The van der Waals surface area contributed by atoms with Gasteiger partial charge in [-0.15, -0.1) is 0 Å². The largest absolute Gasteiger partial charge is 0.466 e. The SMILES string of the molecule is CCOC(=O)CC1CCN(c2ncc(-c3ccc(-c4nc5ccc(C(F)(F)F)cc5[nH]4)c(F)c3)cn2)CC1. The number of anilines is 1. The molecule has 4 aromatic rings. The molecule has 0 atom stereocenters. The second-order valence-electron chi connectivity index (χ2n) is 9.22. The van der Waals surface area contributed by atoms with Gasteiger partial charge in [0.2, 0.25) is 5.95 Å². The Labute approximate surface area is 215 Å². The number of carbonyl (C=O) groups is 1. The van der Waals surface area contributed by atoms with Gasteiger partial charge < -0.3 is 14.6 Å².